The highest BCUT2D eigenvalue weighted by atomic mass is 32.2. The first kappa shape index (κ1) is 17.1. The van der Waals surface area contributed by atoms with E-state index in [1.54, 1.807) is 11.8 Å². The van der Waals surface area contributed by atoms with Gasteiger partial charge < -0.3 is 4.90 Å². The third-order valence-corrected chi connectivity index (χ3v) is 5.59. The van der Waals surface area contributed by atoms with E-state index in [1.807, 2.05) is 23.4 Å². The highest BCUT2D eigenvalue weighted by molar-refractivity contribution is 7.98. The molecule has 1 aromatic heterocycles. The number of rotatable bonds is 6. The number of amides is 1. The fourth-order valence-electron chi connectivity index (χ4n) is 2.89. The summed E-state index contributed by atoms with van der Waals surface area (Å²) in [6, 6.07) is 8.90. The van der Waals surface area contributed by atoms with Gasteiger partial charge in [-0.2, -0.15) is 5.10 Å². The number of carbonyl (C=O) groups is 1. The van der Waals surface area contributed by atoms with Gasteiger partial charge in [0.05, 0.1) is 5.69 Å². The van der Waals surface area contributed by atoms with E-state index in [0.717, 1.165) is 24.2 Å². The zero-order valence-corrected chi connectivity index (χ0v) is 15.7. The van der Waals surface area contributed by atoms with Crippen molar-refractivity contribution in [1.29, 1.82) is 0 Å². The van der Waals surface area contributed by atoms with Crippen LogP contribution in [0.1, 0.15) is 35.4 Å². The number of hydrogen-bond acceptors (Lipinski definition) is 3. The number of hydrogen-bond donors (Lipinski definition) is 0. The summed E-state index contributed by atoms with van der Waals surface area (Å²) in [7, 11) is 0. The third-order valence-electron chi connectivity index (χ3n) is 4.85. The van der Waals surface area contributed by atoms with Gasteiger partial charge in [-0.1, -0.05) is 12.1 Å². The molecule has 1 heterocycles. The highest BCUT2D eigenvalue weighted by Gasteiger charge is 2.32. The summed E-state index contributed by atoms with van der Waals surface area (Å²) < 4.78 is 1.85. The minimum absolute atomic E-state index is 0.164. The maximum atomic E-state index is 12.9. The van der Waals surface area contributed by atoms with E-state index >= 15 is 0 Å². The molecule has 0 aliphatic heterocycles. The average molecular weight is 343 g/mol. The van der Waals surface area contributed by atoms with Crippen LogP contribution in [-0.2, 0) is 17.9 Å². The molecule has 1 aliphatic rings. The van der Waals surface area contributed by atoms with Crippen LogP contribution in [0.5, 0.6) is 0 Å². The van der Waals surface area contributed by atoms with Crippen molar-refractivity contribution in [2.45, 2.75) is 57.6 Å². The number of nitrogens with zero attached hydrogens (tertiary/aromatic N) is 3. The molecule has 1 fully saturated rings. The average Bonchev–Trinajstić information content (AvgIpc) is 3.39. The molecule has 0 saturated heterocycles. The van der Waals surface area contributed by atoms with E-state index in [9.17, 15) is 4.79 Å². The second kappa shape index (κ2) is 7.01. The zero-order chi connectivity index (χ0) is 17.3. The molecule has 0 spiro atoms. The van der Waals surface area contributed by atoms with Gasteiger partial charge in [-0.15, -0.1) is 11.8 Å². The number of benzene rings is 1. The Bertz CT molecular complexity index is 732. The van der Waals surface area contributed by atoms with Crippen LogP contribution in [0.2, 0.25) is 0 Å². The minimum Gasteiger partial charge on any atom is -0.334 e. The number of aromatic nitrogens is 2. The fourth-order valence-corrected chi connectivity index (χ4v) is 3.30. The van der Waals surface area contributed by atoms with Gasteiger partial charge >= 0.3 is 0 Å². The molecule has 4 nitrogen and oxygen atoms in total. The first-order valence-corrected chi connectivity index (χ1v) is 9.65. The van der Waals surface area contributed by atoms with Crippen LogP contribution in [-0.4, -0.2) is 32.9 Å². The Balaban J connectivity index is 1.72. The van der Waals surface area contributed by atoms with Gasteiger partial charge in [0.1, 0.15) is 6.54 Å². The lowest BCUT2D eigenvalue weighted by atomic mass is 10.2. The Hall–Kier alpha value is -1.75. The maximum Gasteiger partial charge on any atom is 0.244 e. The van der Waals surface area contributed by atoms with Crippen molar-refractivity contribution in [3.05, 3.63) is 46.8 Å². The van der Waals surface area contributed by atoms with Crippen LogP contribution < -0.4 is 0 Å². The van der Waals surface area contributed by atoms with Crippen LogP contribution in [0.4, 0.5) is 0 Å². The van der Waals surface area contributed by atoms with Crippen molar-refractivity contribution < 1.29 is 4.79 Å². The molecule has 0 N–H and O–H groups in total. The molecule has 1 saturated carbocycles. The molecular weight excluding hydrogens is 318 g/mol. The van der Waals surface area contributed by atoms with Crippen molar-refractivity contribution in [2.75, 3.05) is 6.26 Å². The van der Waals surface area contributed by atoms with Gasteiger partial charge in [0.25, 0.3) is 0 Å². The molecule has 0 radical (unpaired) electrons. The number of thioether (sulfide) groups is 1. The summed E-state index contributed by atoms with van der Waals surface area (Å²) in [5, 5.41) is 4.51. The van der Waals surface area contributed by atoms with E-state index in [4.69, 9.17) is 0 Å². The predicted molar refractivity (Wildman–Crippen MR) is 98.2 cm³/mol. The first-order chi connectivity index (χ1) is 11.5. The summed E-state index contributed by atoms with van der Waals surface area (Å²) in [4.78, 5) is 16.1. The lowest BCUT2D eigenvalue weighted by Crippen LogP contribution is -2.35. The normalized spacial score (nSPS) is 14.0. The summed E-state index contributed by atoms with van der Waals surface area (Å²) in [5.41, 5.74) is 4.46. The topological polar surface area (TPSA) is 38.1 Å². The summed E-state index contributed by atoms with van der Waals surface area (Å²) in [6.07, 6.45) is 4.31. The standard InChI is InChI=1S/C19H25N3OS/c1-13-14(2)20-22(15(13)3)12-19(23)21(17-7-8-17)11-16-5-9-18(24-4)10-6-16/h5-6,9-10,17H,7-8,11-12H2,1-4H3. The molecule has 0 atom stereocenters. The van der Waals surface area contributed by atoms with E-state index in [-0.39, 0.29) is 5.91 Å². The van der Waals surface area contributed by atoms with Crippen molar-refractivity contribution in [1.82, 2.24) is 14.7 Å². The van der Waals surface area contributed by atoms with Gasteiger partial charge in [-0.25, -0.2) is 0 Å². The molecule has 2 aromatic rings. The third kappa shape index (κ3) is 3.66. The van der Waals surface area contributed by atoms with Gasteiger partial charge in [-0.05, 0) is 63.1 Å². The molecule has 0 unspecified atom stereocenters. The molecular formula is C19H25N3OS. The molecule has 24 heavy (non-hydrogen) atoms. The Kier molecular flexibility index (Phi) is 4.99. The largest absolute Gasteiger partial charge is 0.334 e. The summed E-state index contributed by atoms with van der Waals surface area (Å²) >= 11 is 1.74. The second-order valence-electron chi connectivity index (χ2n) is 6.55. The van der Waals surface area contributed by atoms with Crippen molar-refractivity contribution in [3.63, 3.8) is 0 Å². The van der Waals surface area contributed by atoms with Gasteiger partial charge in [-0.3, -0.25) is 9.48 Å². The molecule has 5 heteroatoms. The summed E-state index contributed by atoms with van der Waals surface area (Å²) in [5.74, 6) is 0.164. The molecule has 3 rings (SSSR count). The molecule has 1 amide bonds. The summed E-state index contributed by atoms with van der Waals surface area (Å²) in [6.45, 7) is 7.11. The number of aryl methyl sites for hydroxylation is 1. The molecule has 1 aromatic carbocycles. The zero-order valence-electron chi connectivity index (χ0n) is 14.9. The first-order valence-electron chi connectivity index (χ1n) is 8.42. The van der Waals surface area contributed by atoms with Crippen LogP contribution in [0.25, 0.3) is 0 Å². The lowest BCUT2D eigenvalue weighted by Gasteiger charge is -2.23. The van der Waals surface area contributed by atoms with Crippen molar-refractivity contribution in [3.8, 4) is 0 Å². The predicted octanol–water partition coefficient (Wildman–Crippen LogP) is 3.72. The van der Waals surface area contributed by atoms with Gasteiger partial charge in [0, 0.05) is 23.2 Å². The van der Waals surface area contributed by atoms with Crippen molar-refractivity contribution >= 4 is 17.7 Å². The van der Waals surface area contributed by atoms with Crippen LogP contribution in [0.3, 0.4) is 0 Å². The quantitative estimate of drug-likeness (QED) is 0.750. The van der Waals surface area contributed by atoms with E-state index in [2.05, 4.69) is 42.5 Å². The van der Waals surface area contributed by atoms with E-state index in [0.29, 0.717) is 19.1 Å². The second-order valence-corrected chi connectivity index (χ2v) is 7.43. The molecule has 1 aliphatic carbocycles. The smallest absolute Gasteiger partial charge is 0.244 e. The van der Waals surface area contributed by atoms with Crippen molar-refractivity contribution in [2.24, 2.45) is 0 Å². The van der Waals surface area contributed by atoms with E-state index in [1.165, 1.54) is 16.0 Å². The Morgan fingerprint density at radius 3 is 2.42 bits per heavy atom. The van der Waals surface area contributed by atoms with Crippen LogP contribution >= 0.6 is 11.8 Å². The lowest BCUT2D eigenvalue weighted by molar-refractivity contribution is -0.133. The Morgan fingerprint density at radius 1 is 1.25 bits per heavy atom. The van der Waals surface area contributed by atoms with Crippen LogP contribution in [0, 0.1) is 20.8 Å². The van der Waals surface area contributed by atoms with Gasteiger partial charge in [0.15, 0.2) is 0 Å². The Labute approximate surface area is 148 Å². The van der Waals surface area contributed by atoms with Gasteiger partial charge in [0.2, 0.25) is 5.91 Å². The SMILES string of the molecule is CSc1ccc(CN(C(=O)Cn2nc(C)c(C)c2C)C2CC2)cc1. The van der Waals surface area contributed by atoms with E-state index < -0.39 is 0 Å². The minimum atomic E-state index is 0.164. The molecule has 128 valence electrons. The fraction of sp³-hybridized carbons (Fsp3) is 0.474. The number of carbonyl (C=O) groups excluding carboxylic acids is 1. The Morgan fingerprint density at radius 2 is 1.92 bits per heavy atom. The maximum absolute atomic E-state index is 12.9. The molecule has 0 bridgehead atoms. The monoisotopic (exact) mass is 343 g/mol. The highest BCUT2D eigenvalue weighted by Crippen LogP contribution is 2.29. The van der Waals surface area contributed by atoms with Crippen LogP contribution in [0.15, 0.2) is 29.2 Å².